The van der Waals surface area contributed by atoms with E-state index < -0.39 is 32.7 Å². The zero-order chi connectivity index (χ0) is 20.3. The van der Waals surface area contributed by atoms with E-state index in [-0.39, 0.29) is 19.1 Å². The van der Waals surface area contributed by atoms with Crippen LogP contribution in [0.15, 0.2) is 52.0 Å². The second-order valence-electron chi connectivity index (χ2n) is 6.94. The quantitative estimate of drug-likeness (QED) is 0.756. The van der Waals surface area contributed by atoms with Gasteiger partial charge in [0.25, 0.3) is 0 Å². The minimum atomic E-state index is -4.09. The van der Waals surface area contributed by atoms with Crippen LogP contribution in [0.5, 0.6) is 0 Å². The Morgan fingerprint density at radius 2 is 2.07 bits per heavy atom. The summed E-state index contributed by atoms with van der Waals surface area (Å²) in [5, 5.41) is 2.82. The van der Waals surface area contributed by atoms with Gasteiger partial charge in [0.1, 0.15) is 22.5 Å². The molecule has 2 atom stereocenters. The van der Waals surface area contributed by atoms with Crippen LogP contribution >= 0.6 is 0 Å². The fourth-order valence-corrected chi connectivity index (χ4v) is 5.13. The third-order valence-corrected chi connectivity index (χ3v) is 6.84. The molecule has 0 unspecified atom stereocenters. The maximum atomic E-state index is 14.0. The fraction of sp³-hybridized carbons (Fsp3) is 0.421. The number of rotatable bonds is 7. The number of nitrogens with one attached hydrogen (secondary N) is 1. The largest absolute Gasteiger partial charge is 0.468 e. The van der Waals surface area contributed by atoms with Gasteiger partial charge in [0.15, 0.2) is 0 Å². The Morgan fingerprint density at radius 1 is 1.32 bits per heavy atom. The fourth-order valence-electron chi connectivity index (χ4n) is 3.40. The topological polar surface area (TPSA) is 82.9 Å². The van der Waals surface area contributed by atoms with Gasteiger partial charge in [-0.1, -0.05) is 12.1 Å². The normalized spacial score (nSPS) is 19.1. The van der Waals surface area contributed by atoms with Crippen LogP contribution in [0.1, 0.15) is 24.6 Å². The standard InChI is InChI=1S/C19H24FN3O4S/c1-22(2)16(17-9-6-12-27-17)13-21-19(24)15-8-5-11-23(15)28(25,26)18-10-4-3-7-14(18)20/h3-4,6-7,9-10,12,15-16H,5,8,11,13H2,1-2H3,(H,21,24)/t15-,16+/m0/s1. The summed E-state index contributed by atoms with van der Waals surface area (Å²) >= 11 is 0. The zero-order valence-corrected chi connectivity index (χ0v) is 16.7. The van der Waals surface area contributed by atoms with E-state index in [1.165, 1.54) is 18.2 Å². The lowest BCUT2D eigenvalue weighted by Crippen LogP contribution is -2.47. The van der Waals surface area contributed by atoms with Crippen molar-refractivity contribution < 1.29 is 22.0 Å². The summed E-state index contributed by atoms with van der Waals surface area (Å²) in [6.07, 6.45) is 2.50. The van der Waals surface area contributed by atoms with E-state index in [9.17, 15) is 17.6 Å². The molecule has 9 heteroatoms. The smallest absolute Gasteiger partial charge is 0.246 e. The first-order chi connectivity index (χ1) is 13.3. The number of hydrogen-bond acceptors (Lipinski definition) is 5. The molecule has 1 saturated heterocycles. The number of carbonyl (C=O) groups excluding carboxylic acids is 1. The van der Waals surface area contributed by atoms with Crippen molar-refractivity contribution in [3.63, 3.8) is 0 Å². The van der Waals surface area contributed by atoms with Crippen LogP contribution in [0.2, 0.25) is 0 Å². The van der Waals surface area contributed by atoms with Crippen molar-refractivity contribution in [2.75, 3.05) is 27.2 Å². The molecular weight excluding hydrogens is 385 g/mol. The number of benzene rings is 1. The summed E-state index contributed by atoms with van der Waals surface area (Å²) in [6, 6.07) is 7.76. The highest BCUT2D eigenvalue weighted by Gasteiger charge is 2.40. The number of amides is 1. The number of halogens is 1. The first kappa shape index (κ1) is 20.5. The monoisotopic (exact) mass is 409 g/mol. The number of sulfonamides is 1. The summed E-state index contributed by atoms with van der Waals surface area (Å²) in [4.78, 5) is 14.3. The molecule has 0 radical (unpaired) electrons. The number of carbonyl (C=O) groups is 1. The van der Waals surface area contributed by atoms with E-state index in [4.69, 9.17) is 4.42 Å². The van der Waals surface area contributed by atoms with Crippen molar-refractivity contribution in [3.05, 3.63) is 54.2 Å². The van der Waals surface area contributed by atoms with Crippen LogP contribution in [0, 0.1) is 5.82 Å². The van der Waals surface area contributed by atoms with Gasteiger partial charge in [-0.15, -0.1) is 0 Å². The molecule has 0 saturated carbocycles. The Kier molecular flexibility index (Phi) is 6.17. The van der Waals surface area contributed by atoms with Crippen LogP contribution in [-0.4, -0.2) is 56.8 Å². The molecule has 7 nitrogen and oxygen atoms in total. The Balaban J connectivity index is 1.74. The van der Waals surface area contributed by atoms with Gasteiger partial charge in [-0.2, -0.15) is 4.31 Å². The molecule has 1 amide bonds. The Bertz CT molecular complexity index is 915. The number of hydrogen-bond donors (Lipinski definition) is 1. The van der Waals surface area contributed by atoms with Crippen LogP contribution in [0.25, 0.3) is 0 Å². The zero-order valence-electron chi connectivity index (χ0n) is 15.8. The lowest BCUT2D eigenvalue weighted by Gasteiger charge is -2.26. The maximum absolute atomic E-state index is 14.0. The number of furan rings is 1. The van der Waals surface area contributed by atoms with Gasteiger partial charge in [-0.25, -0.2) is 12.8 Å². The summed E-state index contributed by atoms with van der Waals surface area (Å²) in [5.41, 5.74) is 0. The van der Waals surface area contributed by atoms with Crippen molar-refractivity contribution in [1.82, 2.24) is 14.5 Å². The summed E-state index contributed by atoms with van der Waals surface area (Å²) in [6.45, 7) is 0.452. The van der Waals surface area contributed by atoms with E-state index in [0.717, 1.165) is 10.4 Å². The van der Waals surface area contributed by atoms with E-state index in [1.807, 2.05) is 25.1 Å². The molecule has 152 valence electrons. The second kappa shape index (κ2) is 8.42. The highest BCUT2D eigenvalue weighted by molar-refractivity contribution is 7.89. The van der Waals surface area contributed by atoms with Gasteiger partial charge in [0.2, 0.25) is 15.9 Å². The van der Waals surface area contributed by atoms with Crippen LogP contribution in [0.4, 0.5) is 4.39 Å². The van der Waals surface area contributed by atoms with Crippen molar-refractivity contribution in [1.29, 1.82) is 0 Å². The molecule has 1 aliphatic rings. The molecule has 28 heavy (non-hydrogen) atoms. The van der Waals surface area contributed by atoms with Crippen LogP contribution in [-0.2, 0) is 14.8 Å². The third-order valence-electron chi connectivity index (χ3n) is 4.89. The average Bonchev–Trinajstić information content (AvgIpc) is 3.34. The summed E-state index contributed by atoms with van der Waals surface area (Å²) < 4.78 is 46.3. The lowest BCUT2D eigenvalue weighted by molar-refractivity contribution is -0.124. The lowest BCUT2D eigenvalue weighted by atomic mass is 10.2. The highest BCUT2D eigenvalue weighted by atomic mass is 32.2. The third kappa shape index (κ3) is 4.11. The molecule has 1 N–H and O–H groups in total. The highest BCUT2D eigenvalue weighted by Crippen LogP contribution is 2.28. The molecule has 1 aliphatic heterocycles. The summed E-state index contributed by atoms with van der Waals surface area (Å²) in [5.74, 6) is -0.512. The van der Waals surface area contributed by atoms with Gasteiger partial charge < -0.3 is 9.73 Å². The first-order valence-corrected chi connectivity index (χ1v) is 10.5. The molecule has 0 spiro atoms. The Morgan fingerprint density at radius 3 is 2.71 bits per heavy atom. The van der Waals surface area contributed by atoms with Gasteiger partial charge in [0, 0.05) is 13.1 Å². The maximum Gasteiger partial charge on any atom is 0.246 e. The van der Waals surface area contributed by atoms with Gasteiger partial charge in [-0.05, 0) is 51.2 Å². The Labute approximate surface area is 164 Å². The average molecular weight is 409 g/mol. The number of likely N-dealkylation sites (N-methyl/N-ethyl adjacent to an activating group) is 1. The van der Waals surface area contributed by atoms with E-state index >= 15 is 0 Å². The van der Waals surface area contributed by atoms with Crippen LogP contribution in [0.3, 0.4) is 0 Å². The minimum Gasteiger partial charge on any atom is -0.468 e. The predicted octanol–water partition coefficient (Wildman–Crippen LogP) is 1.99. The van der Waals surface area contributed by atoms with Crippen LogP contribution < -0.4 is 5.32 Å². The van der Waals surface area contributed by atoms with Crippen molar-refractivity contribution in [2.45, 2.75) is 29.8 Å². The second-order valence-corrected chi connectivity index (χ2v) is 8.80. The van der Waals surface area contributed by atoms with Crippen molar-refractivity contribution in [3.8, 4) is 0 Å². The van der Waals surface area contributed by atoms with E-state index in [1.54, 1.807) is 12.3 Å². The molecular formula is C19H24FN3O4S. The molecule has 0 aliphatic carbocycles. The first-order valence-electron chi connectivity index (χ1n) is 9.06. The molecule has 2 heterocycles. The SMILES string of the molecule is CN(C)[C@H](CNC(=O)[C@@H]1CCCN1S(=O)(=O)c1ccccc1F)c1ccco1. The van der Waals surface area contributed by atoms with Crippen molar-refractivity contribution in [2.24, 2.45) is 0 Å². The summed E-state index contributed by atoms with van der Waals surface area (Å²) in [7, 11) is -0.363. The predicted molar refractivity (Wildman–Crippen MR) is 101 cm³/mol. The molecule has 2 aromatic rings. The minimum absolute atomic E-state index is 0.183. The van der Waals surface area contributed by atoms with E-state index in [2.05, 4.69) is 5.32 Å². The molecule has 3 rings (SSSR count). The molecule has 0 bridgehead atoms. The number of nitrogens with zero attached hydrogens (tertiary/aromatic N) is 2. The Hall–Kier alpha value is -2.23. The van der Waals surface area contributed by atoms with Gasteiger partial charge >= 0.3 is 0 Å². The molecule has 1 fully saturated rings. The van der Waals surface area contributed by atoms with Crippen molar-refractivity contribution >= 4 is 15.9 Å². The van der Waals surface area contributed by atoms with E-state index in [0.29, 0.717) is 18.6 Å². The van der Waals surface area contributed by atoms with Gasteiger partial charge in [0.05, 0.1) is 12.3 Å². The van der Waals surface area contributed by atoms with Gasteiger partial charge in [-0.3, -0.25) is 9.69 Å². The molecule has 1 aromatic heterocycles. The molecule has 1 aromatic carbocycles.